The number of ether oxygens (including phenoxy) is 1. The van der Waals surface area contributed by atoms with Crippen molar-refractivity contribution < 1.29 is 4.74 Å². The molecular formula is C14H11ClN2OS. The molecule has 0 aliphatic carbocycles. The van der Waals surface area contributed by atoms with Gasteiger partial charge in [0, 0.05) is 10.9 Å². The van der Waals surface area contributed by atoms with Crippen LogP contribution >= 0.6 is 22.9 Å². The number of nitrogens with zero attached hydrogens (tertiary/aromatic N) is 2. The van der Waals surface area contributed by atoms with Crippen molar-refractivity contribution in [3.8, 4) is 16.9 Å². The van der Waals surface area contributed by atoms with Gasteiger partial charge in [0.1, 0.15) is 22.1 Å². The summed E-state index contributed by atoms with van der Waals surface area (Å²) in [6, 6.07) is 7.96. The molecule has 2 heterocycles. The number of fused-ring (bicyclic) bond motifs is 1. The molecule has 0 atom stereocenters. The van der Waals surface area contributed by atoms with Crippen LogP contribution in [0.25, 0.3) is 21.3 Å². The van der Waals surface area contributed by atoms with Gasteiger partial charge in [-0.1, -0.05) is 23.7 Å². The number of halogens is 1. The van der Waals surface area contributed by atoms with Crippen molar-refractivity contribution in [2.45, 2.75) is 6.92 Å². The van der Waals surface area contributed by atoms with Gasteiger partial charge in [0.15, 0.2) is 0 Å². The zero-order valence-corrected chi connectivity index (χ0v) is 11.8. The van der Waals surface area contributed by atoms with Gasteiger partial charge >= 0.3 is 0 Å². The molecule has 2 aromatic heterocycles. The second-order valence-electron chi connectivity index (χ2n) is 3.95. The third-order valence-corrected chi connectivity index (χ3v) is 3.97. The molecule has 3 rings (SSSR count). The zero-order chi connectivity index (χ0) is 13.2. The van der Waals surface area contributed by atoms with Crippen LogP contribution in [0.2, 0.25) is 5.15 Å². The van der Waals surface area contributed by atoms with E-state index in [4.69, 9.17) is 16.3 Å². The Morgan fingerprint density at radius 2 is 2.00 bits per heavy atom. The summed E-state index contributed by atoms with van der Waals surface area (Å²) in [6.45, 7) is 2.64. The molecule has 0 spiro atoms. The molecule has 96 valence electrons. The maximum absolute atomic E-state index is 6.17. The molecular weight excluding hydrogens is 280 g/mol. The van der Waals surface area contributed by atoms with Crippen LogP contribution in [-0.4, -0.2) is 16.6 Å². The summed E-state index contributed by atoms with van der Waals surface area (Å²) in [5, 5.41) is 3.47. The topological polar surface area (TPSA) is 35.0 Å². The second-order valence-corrected chi connectivity index (χ2v) is 5.17. The molecule has 1 aromatic carbocycles. The molecule has 0 radical (unpaired) electrons. The molecule has 0 saturated heterocycles. The zero-order valence-electron chi connectivity index (χ0n) is 10.3. The summed E-state index contributed by atoms with van der Waals surface area (Å²) in [4.78, 5) is 9.19. The van der Waals surface area contributed by atoms with E-state index in [-0.39, 0.29) is 0 Å². The van der Waals surface area contributed by atoms with E-state index in [1.807, 2.05) is 31.2 Å². The van der Waals surface area contributed by atoms with E-state index >= 15 is 0 Å². The summed E-state index contributed by atoms with van der Waals surface area (Å²) in [6.07, 6.45) is 1.49. The summed E-state index contributed by atoms with van der Waals surface area (Å²) in [5.41, 5.74) is 2.15. The van der Waals surface area contributed by atoms with Gasteiger partial charge in [0.25, 0.3) is 0 Å². The van der Waals surface area contributed by atoms with E-state index in [0.717, 1.165) is 27.1 Å². The maximum atomic E-state index is 6.17. The number of aromatic nitrogens is 2. The van der Waals surface area contributed by atoms with Crippen molar-refractivity contribution in [1.29, 1.82) is 0 Å². The summed E-state index contributed by atoms with van der Waals surface area (Å²) in [5.74, 6) is 0.869. The molecule has 0 bridgehead atoms. The Labute approximate surface area is 119 Å². The van der Waals surface area contributed by atoms with E-state index in [2.05, 4.69) is 15.3 Å². The Bertz CT molecular complexity index is 709. The molecule has 3 nitrogen and oxygen atoms in total. The number of rotatable bonds is 3. The van der Waals surface area contributed by atoms with Crippen molar-refractivity contribution in [2.75, 3.05) is 6.61 Å². The Morgan fingerprint density at radius 1 is 1.21 bits per heavy atom. The van der Waals surface area contributed by atoms with Gasteiger partial charge in [-0.25, -0.2) is 9.97 Å². The molecule has 0 aliphatic heterocycles. The van der Waals surface area contributed by atoms with Crippen LogP contribution < -0.4 is 4.74 Å². The average Bonchev–Trinajstić information content (AvgIpc) is 2.85. The minimum absolute atomic E-state index is 0.495. The van der Waals surface area contributed by atoms with Gasteiger partial charge in [-0.15, -0.1) is 11.3 Å². The van der Waals surface area contributed by atoms with Crippen molar-refractivity contribution in [2.24, 2.45) is 0 Å². The van der Waals surface area contributed by atoms with E-state index in [1.165, 1.54) is 6.33 Å². The number of thiophene rings is 1. The van der Waals surface area contributed by atoms with Gasteiger partial charge in [0.05, 0.1) is 12.0 Å². The van der Waals surface area contributed by atoms with E-state index in [1.54, 1.807) is 11.3 Å². The number of benzene rings is 1. The molecule has 0 N–H and O–H groups in total. The molecule has 0 unspecified atom stereocenters. The predicted octanol–water partition coefficient (Wildman–Crippen LogP) is 4.41. The first kappa shape index (κ1) is 12.4. The lowest BCUT2D eigenvalue weighted by atomic mass is 10.1. The van der Waals surface area contributed by atoms with Crippen LogP contribution in [-0.2, 0) is 0 Å². The third kappa shape index (κ3) is 2.29. The minimum atomic E-state index is 0.495. The van der Waals surface area contributed by atoms with Crippen LogP contribution in [0.5, 0.6) is 5.75 Å². The average molecular weight is 291 g/mol. The van der Waals surface area contributed by atoms with Gasteiger partial charge in [-0.2, -0.15) is 0 Å². The lowest BCUT2D eigenvalue weighted by Gasteiger charge is -2.04. The molecule has 0 amide bonds. The van der Waals surface area contributed by atoms with Crippen molar-refractivity contribution in [3.05, 3.63) is 41.1 Å². The normalized spacial score (nSPS) is 10.8. The number of hydrogen-bond donors (Lipinski definition) is 0. The smallest absolute Gasteiger partial charge is 0.141 e. The molecule has 0 fully saturated rings. The standard InChI is InChI=1S/C14H11ClN2OS/c1-2-18-10-5-3-9(4-6-10)11-7-19-14-12(11)13(15)16-8-17-14/h3-8H,2H2,1H3. The largest absolute Gasteiger partial charge is 0.494 e. The Balaban J connectivity index is 2.09. The van der Waals surface area contributed by atoms with Gasteiger partial charge in [-0.3, -0.25) is 0 Å². The van der Waals surface area contributed by atoms with Gasteiger partial charge < -0.3 is 4.74 Å². The van der Waals surface area contributed by atoms with E-state index in [0.29, 0.717) is 11.8 Å². The van der Waals surface area contributed by atoms with E-state index in [9.17, 15) is 0 Å². The van der Waals surface area contributed by atoms with E-state index < -0.39 is 0 Å². The third-order valence-electron chi connectivity index (χ3n) is 2.80. The fraction of sp³-hybridized carbons (Fsp3) is 0.143. The number of hydrogen-bond acceptors (Lipinski definition) is 4. The molecule has 3 aromatic rings. The first-order valence-corrected chi connectivity index (χ1v) is 7.16. The molecule has 5 heteroatoms. The minimum Gasteiger partial charge on any atom is -0.494 e. The van der Waals surface area contributed by atoms with Crippen LogP contribution in [0.1, 0.15) is 6.92 Å². The van der Waals surface area contributed by atoms with Crippen LogP contribution in [0.3, 0.4) is 0 Å². The molecule has 0 saturated carbocycles. The van der Waals surface area contributed by atoms with Crippen LogP contribution in [0, 0.1) is 0 Å². The highest BCUT2D eigenvalue weighted by Gasteiger charge is 2.11. The highest BCUT2D eigenvalue weighted by atomic mass is 35.5. The Morgan fingerprint density at radius 3 is 2.74 bits per heavy atom. The maximum Gasteiger partial charge on any atom is 0.141 e. The summed E-state index contributed by atoms with van der Waals surface area (Å²) >= 11 is 7.74. The lowest BCUT2D eigenvalue weighted by Crippen LogP contribution is -1.90. The summed E-state index contributed by atoms with van der Waals surface area (Å²) in [7, 11) is 0. The van der Waals surface area contributed by atoms with Crippen LogP contribution in [0.4, 0.5) is 0 Å². The molecule has 0 aliphatic rings. The monoisotopic (exact) mass is 290 g/mol. The van der Waals surface area contributed by atoms with Gasteiger partial charge in [-0.05, 0) is 24.6 Å². The first-order valence-electron chi connectivity index (χ1n) is 5.90. The van der Waals surface area contributed by atoms with Crippen molar-refractivity contribution in [3.63, 3.8) is 0 Å². The SMILES string of the molecule is CCOc1ccc(-c2csc3ncnc(Cl)c23)cc1. The Hall–Kier alpha value is -1.65. The van der Waals surface area contributed by atoms with Crippen LogP contribution in [0.15, 0.2) is 36.0 Å². The fourth-order valence-corrected chi connectivity index (χ4v) is 3.16. The Kier molecular flexibility index (Phi) is 3.36. The highest BCUT2D eigenvalue weighted by Crippen LogP contribution is 2.36. The first-order chi connectivity index (χ1) is 9.29. The lowest BCUT2D eigenvalue weighted by molar-refractivity contribution is 0.340. The quantitative estimate of drug-likeness (QED) is 0.670. The fourth-order valence-electron chi connectivity index (χ4n) is 1.95. The van der Waals surface area contributed by atoms with Crippen molar-refractivity contribution in [1.82, 2.24) is 9.97 Å². The highest BCUT2D eigenvalue weighted by molar-refractivity contribution is 7.17. The van der Waals surface area contributed by atoms with Gasteiger partial charge in [0.2, 0.25) is 0 Å². The molecule has 19 heavy (non-hydrogen) atoms. The predicted molar refractivity (Wildman–Crippen MR) is 79.0 cm³/mol. The van der Waals surface area contributed by atoms with Crippen molar-refractivity contribution >= 4 is 33.2 Å². The summed E-state index contributed by atoms with van der Waals surface area (Å²) < 4.78 is 5.44. The second kappa shape index (κ2) is 5.15.